The van der Waals surface area contributed by atoms with Crippen molar-refractivity contribution in [3.05, 3.63) is 11.6 Å². The number of likely N-dealkylation sites (N-methyl/N-ethyl adjacent to an activating group) is 2. The Kier molecular flexibility index (Phi) is 12.2. The first-order valence-corrected chi connectivity index (χ1v) is 11.9. The van der Waals surface area contributed by atoms with Crippen molar-refractivity contribution in [1.29, 1.82) is 0 Å². The van der Waals surface area contributed by atoms with Gasteiger partial charge in [-0.25, -0.2) is 4.79 Å². The molecule has 0 saturated heterocycles. The van der Waals surface area contributed by atoms with Crippen LogP contribution < -0.4 is 10.6 Å². The molecule has 0 aliphatic heterocycles. The Balaban J connectivity index is 6.01. The molecule has 32 heavy (non-hydrogen) atoms. The minimum Gasteiger partial charge on any atom is -0.463 e. The molecule has 0 aromatic heterocycles. The predicted octanol–water partition coefficient (Wildman–Crippen LogP) is 3.68. The summed E-state index contributed by atoms with van der Waals surface area (Å²) in [5.41, 5.74) is -0.749. The summed E-state index contributed by atoms with van der Waals surface area (Å²) < 4.78 is 5.09. The van der Waals surface area contributed by atoms with Crippen molar-refractivity contribution in [2.75, 3.05) is 20.2 Å². The normalized spacial score (nSPS) is 14.7. The highest BCUT2D eigenvalue weighted by molar-refractivity contribution is 5.93. The largest absolute Gasteiger partial charge is 0.463 e. The number of carbonyl (C=O) groups is 3. The molecule has 0 aromatic rings. The van der Waals surface area contributed by atoms with Gasteiger partial charge in [-0.3, -0.25) is 9.59 Å². The second kappa shape index (κ2) is 13.0. The van der Waals surface area contributed by atoms with E-state index in [9.17, 15) is 14.4 Å². The van der Waals surface area contributed by atoms with Crippen molar-refractivity contribution < 1.29 is 19.1 Å². The van der Waals surface area contributed by atoms with Crippen molar-refractivity contribution >= 4 is 17.8 Å². The van der Waals surface area contributed by atoms with Crippen LogP contribution in [0.4, 0.5) is 0 Å². The van der Waals surface area contributed by atoms with Crippen LogP contribution in [0.25, 0.3) is 0 Å². The molecule has 0 heterocycles. The standard InChI is InChI=1S/C25H47N3O4/c1-12-25(13-2,26-14-3)23(31)27-20(24(8,9)10)21(29)28(11)19(17(5)6)16-18(7)22(30)32-15-4/h16-17,19-20,26H,12-15H2,1-11H3,(H,27,31)/b18-16+. The lowest BCUT2D eigenvalue weighted by Crippen LogP contribution is -2.63. The highest BCUT2D eigenvalue weighted by Crippen LogP contribution is 2.25. The molecule has 2 amide bonds. The molecule has 0 bridgehead atoms. The first-order valence-electron chi connectivity index (χ1n) is 11.9. The Morgan fingerprint density at radius 1 is 1.03 bits per heavy atom. The number of rotatable bonds is 12. The third kappa shape index (κ3) is 7.91. The lowest BCUT2D eigenvalue weighted by Gasteiger charge is -2.40. The van der Waals surface area contributed by atoms with E-state index in [1.807, 2.05) is 55.4 Å². The van der Waals surface area contributed by atoms with Crippen LogP contribution in [-0.2, 0) is 19.1 Å². The lowest BCUT2D eigenvalue weighted by molar-refractivity contribution is -0.142. The SMILES string of the molecule is CCNC(CC)(CC)C(=O)NC(C(=O)N(C)C(/C=C(\C)C(=O)OCC)C(C)C)C(C)(C)C. The van der Waals surface area contributed by atoms with Gasteiger partial charge in [-0.2, -0.15) is 0 Å². The molecule has 2 N–H and O–H groups in total. The molecule has 2 unspecified atom stereocenters. The lowest BCUT2D eigenvalue weighted by atomic mass is 9.83. The molecule has 2 atom stereocenters. The number of carbonyl (C=O) groups excluding carboxylic acids is 3. The third-order valence-corrected chi connectivity index (χ3v) is 6.04. The van der Waals surface area contributed by atoms with E-state index in [1.54, 1.807) is 31.9 Å². The molecule has 7 heteroatoms. The van der Waals surface area contributed by atoms with Gasteiger partial charge in [0.05, 0.1) is 18.2 Å². The van der Waals surface area contributed by atoms with Crippen LogP contribution >= 0.6 is 0 Å². The number of esters is 1. The zero-order valence-corrected chi connectivity index (χ0v) is 22.2. The van der Waals surface area contributed by atoms with Crippen LogP contribution in [0.15, 0.2) is 11.6 Å². The summed E-state index contributed by atoms with van der Waals surface area (Å²) in [5.74, 6) is -0.668. The molecule has 186 valence electrons. The van der Waals surface area contributed by atoms with Crippen LogP contribution in [0.5, 0.6) is 0 Å². The smallest absolute Gasteiger partial charge is 0.333 e. The average Bonchev–Trinajstić information content (AvgIpc) is 2.71. The van der Waals surface area contributed by atoms with Crippen LogP contribution in [-0.4, -0.2) is 60.5 Å². The van der Waals surface area contributed by atoms with E-state index in [0.29, 0.717) is 31.6 Å². The number of amides is 2. The fraction of sp³-hybridized carbons (Fsp3) is 0.800. The molecule has 0 aliphatic rings. The van der Waals surface area contributed by atoms with E-state index < -0.39 is 17.0 Å². The van der Waals surface area contributed by atoms with Gasteiger partial charge in [0.25, 0.3) is 0 Å². The van der Waals surface area contributed by atoms with E-state index in [0.717, 1.165) is 0 Å². The van der Waals surface area contributed by atoms with Gasteiger partial charge in [0.1, 0.15) is 6.04 Å². The second-order valence-electron chi connectivity index (χ2n) is 9.85. The Morgan fingerprint density at radius 3 is 1.94 bits per heavy atom. The first kappa shape index (κ1) is 30.1. The first-order chi connectivity index (χ1) is 14.7. The molecule has 0 saturated carbocycles. The monoisotopic (exact) mass is 453 g/mol. The van der Waals surface area contributed by atoms with Crippen LogP contribution in [0.1, 0.15) is 82.1 Å². The topological polar surface area (TPSA) is 87.7 Å². The summed E-state index contributed by atoms with van der Waals surface area (Å²) in [4.78, 5) is 40.7. The van der Waals surface area contributed by atoms with Crippen molar-refractivity contribution in [2.24, 2.45) is 11.3 Å². The van der Waals surface area contributed by atoms with E-state index in [-0.39, 0.29) is 29.7 Å². The van der Waals surface area contributed by atoms with Crippen LogP contribution in [0.2, 0.25) is 0 Å². The number of hydrogen-bond acceptors (Lipinski definition) is 5. The van der Waals surface area contributed by atoms with Crippen LogP contribution in [0, 0.1) is 11.3 Å². The molecular formula is C25H47N3O4. The van der Waals surface area contributed by atoms with E-state index >= 15 is 0 Å². The van der Waals surface area contributed by atoms with E-state index in [4.69, 9.17) is 4.74 Å². The molecule has 7 nitrogen and oxygen atoms in total. The zero-order chi connectivity index (χ0) is 25.3. The van der Waals surface area contributed by atoms with Gasteiger partial charge in [-0.15, -0.1) is 0 Å². The maximum Gasteiger partial charge on any atom is 0.333 e. The molecule has 0 radical (unpaired) electrons. The number of nitrogens with one attached hydrogen (secondary N) is 2. The van der Waals surface area contributed by atoms with Gasteiger partial charge in [0.15, 0.2) is 0 Å². The minimum absolute atomic E-state index is 0.0665. The summed E-state index contributed by atoms with van der Waals surface area (Å²) in [6.45, 7) is 20.2. The highest BCUT2D eigenvalue weighted by atomic mass is 16.5. The number of ether oxygens (including phenoxy) is 1. The van der Waals surface area contributed by atoms with E-state index in [1.165, 1.54) is 0 Å². The highest BCUT2D eigenvalue weighted by Gasteiger charge is 2.41. The van der Waals surface area contributed by atoms with Gasteiger partial charge >= 0.3 is 5.97 Å². The van der Waals surface area contributed by atoms with Gasteiger partial charge < -0.3 is 20.3 Å². The van der Waals surface area contributed by atoms with Crippen molar-refractivity contribution in [2.45, 2.75) is 99.7 Å². The minimum atomic E-state index is -0.714. The maximum atomic E-state index is 13.7. The molecular weight excluding hydrogens is 406 g/mol. The molecule has 0 spiro atoms. The average molecular weight is 454 g/mol. The molecule has 0 rings (SSSR count). The Bertz CT molecular complexity index is 661. The second-order valence-corrected chi connectivity index (χ2v) is 9.85. The zero-order valence-electron chi connectivity index (χ0n) is 22.2. The van der Waals surface area contributed by atoms with E-state index in [2.05, 4.69) is 10.6 Å². The van der Waals surface area contributed by atoms with Gasteiger partial charge in [-0.1, -0.05) is 61.5 Å². The Hall–Kier alpha value is -1.89. The van der Waals surface area contributed by atoms with Crippen molar-refractivity contribution in [1.82, 2.24) is 15.5 Å². The van der Waals surface area contributed by atoms with Gasteiger partial charge in [-0.05, 0) is 44.6 Å². The Morgan fingerprint density at radius 2 is 1.56 bits per heavy atom. The molecule has 0 fully saturated rings. The van der Waals surface area contributed by atoms with Gasteiger partial charge in [0.2, 0.25) is 11.8 Å². The quantitative estimate of drug-likeness (QED) is 0.348. The molecule has 0 aromatic carbocycles. The summed E-state index contributed by atoms with van der Waals surface area (Å²) >= 11 is 0. The fourth-order valence-electron chi connectivity index (χ4n) is 3.83. The fourth-order valence-corrected chi connectivity index (χ4v) is 3.83. The van der Waals surface area contributed by atoms with Gasteiger partial charge in [0, 0.05) is 12.6 Å². The third-order valence-electron chi connectivity index (χ3n) is 6.04. The maximum absolute atomic E-state index is 13.7. The predicted molar refractivity (Wildman–Crippen MR) is 130 cm³/mol. The van der Waals surface area contributed by atoms with Crippen LogP contribution in [0.3, 0.4) is 0 Å². The summed E-state index contributed by atoms with van der Waals surface area (Å²) in [6.07, 6.45) is 3.03. The summed E-state index contributed by atoms with van der Waals surface area (Å²) in [6, 6.07) is -1.03. The van der Waals surface area contributed by atoms with Crippen molar-refractivity contribution in [3.8, 4) is 0 Å². The Labute approximate surface area is 195 Å². The van der Waals surface area contributed by atoms with Crippen molar-refractivity contribution in [3.63, 3.8) is 0 Å². The molecule has 0 aliphatic carbocycles. The number of hydrogen-bond donors (Lipinski definition) is 2. The summed E-state index contributed by atoms with van der Waals surface area (Å²) in [7, 11) is 1.73. The summed E-state index contributed by atoms with van der Waals surface area (Å²) in [5, 5.41) is 6.36. The number of nitrogens with zero attached hydrogens (tertiary/aromatic N) is 1.